The third-order valence-electron chi connectivity index (χ3n) is 3.80. The zero-order valence-corrected chi connectivity index (χ0v) is 12.4. The molecule has 21 heavy (non-hydrogen) atoms. The first kappa shape index (κ1) is 15.5. The van der Waals surface area contributed by atoms with Crippen LogP contribution < -0.4 is 10.6 Å². The molecule has 1 aliphatic rings. The number of nitrogens with zero attached hydrogens (tertiary/aromatic N) is 2. The van der Waals surface area contributed by atoms with E-state index >= 15 is 0 Å². The van der Waals surface area contributed by atoms with E-state index in [-0.39, 0.29) is 12.1 Å². The second-order valence-corrected chi connectivity index (χ2v) is 5.36. The molecule has 0 spiro atoms. The molecule has 0 bridgehead atoms. The lowest BCUT2D eigenvalue weighted by Crippen LogP contribution is -2.48. The van der Waals surface area contributed by atoms with Crippen molar-refractivity contribution in [2.24, 2.45) is 0 Å². The molecule has 1 aromatic rings. The van der Waals surface area contributed by atoms with Crippen LogP contribution in [-0.4, -0.2) is 48.1 Å². The van der Waals surface area contributed by atoms with Gasteiger partial charge in [0.15, 0.2) is 0 Å². The molecule has 2 rings (SSSR count). The van der Waals surface area contributed by atoms with Crippen LogP contribution in [0, 0.1) is 0 Å². The van der Waals surface area contributed by atoms with E-state index in [1.165, 1.54) is 5.56 Å². The molecule has 1 aliphatic heterocycles. The van der Waals surface area contributed by atoms with Crippen LogP contribution in [0.3, 0.4) is 0 Å². The molecule has 0 aromatic carbocycles. The van der Waals surface area contributed by atoms with Crippen LogP contribution in [0.15, 0.2) is 37.2 Å². The van der Waals surface area contributed by atoms with Crippen LogP contribution in [0.1, 0.15) is 18.4 Å². The number of pyridine rings is 1. The van der Waals surface area contributed by atoms with Gasteiger partial charge in [0.05, 0.1) is 0 Å². The van der Waals surface area contributed by atoms with Gasteiger partial charge in [0, 0.05) is 44.6 Å². The third kappa shape index (κ3) is 5.55. The van der Waals surface area contributed by atoms with Gasteiger partial charge in [-0.15, -0.1) is 6.58 Å². The third-order valence-corrected chi connectivity index (χ3v) is 3.80. The first-order valence-corrected chi connectivity index (χ1v) is 7.54. The van der Waals surface area contributed by atoms with Crippen molar-refractivity contribution in [1.82, 2.24) is 20.5 Å². The van der Waals surface area contributed by atoms with Gasteiger partial charge in [-0.1, -0.05) is 6.08 Å². The van der Waals surface area contributed by atoms with Gasteiger partial charge in [-0.25, -0.2) is 4.79 Å². The Morgan fingerprint density at radius 3 is 2.76 bits per heavy atom. The number of carbonyl (C=O) groups is 1. The molecule has 0 saturated carbocycles. The zero-order valence-electron chi connectivity index (χ0n) is 12.4. The van der Waals surface area contributed by atoms with Crippen LogP contribution in [0.25, 0.3) is 0 Å². The van der Waals surface area contributed by atoms with E-state index in [4.69, 9.17) is 0 Å². The average molecular weight is 288 g/mol. The molecule has 2 N–H and O–H groups in total. The van der Waals surface area contributed by atoms with Gasteiger partial charge in [0.2, 0.25) is 0 Å². The van der Waals surface area contributed by atoms with Gasteiger partial charge in [-0.05, 0) is 37.0 Å². The molecular weight excluding hydrogens is 264 g/mol. The summed E-state index contributed by atoms with van der Waals surface area (Å²) >= 11 is 0. The quantitative estimate of drug-likeness (QED) is 0.781. The SMILES string of the molecule is C=CCNC(=O)NC1CCN(CCc2ccncc2)CC1. The highest BCUT2D eigenvalue weighted by atomic mass is 16.2. The maximum atomic E-state index is 11.6. The van der Waals surface area contributed by atoms with Gasteiger partial charge in [-0.2, -0.15) is 0 Å². The Morgan fingerprint density at radius 1 is 1.38 bits per heavy atom. The van der Waals surface area contributed by atoms with Crippen molar-refractivity contribution in [3.63, 3.8) is 0 Å². The number of aromatic nitrogens is 1. The molecule has 0 unspecified atom stereocenters. The maximum Gasteiger partial charge on any atom is 0.315 e. The second kappa shape index (κ2) is 8.42. The minimum atomic E-state index is -0.0925. The van der Waals surface area contributed by atoms with Crippen molar-refractivity contribution in [2.75, 3.05) is 26.2 Å². The topological polar surface area (TPSA) is 57.3 Å². The molecule has 0 radical (unpaired) electrons. The van der Waals surface area contributed by atoms with Crippen molar-refractivity contribution >= 4 is 6.03 Å². The lowest BCUT2D eigenvalue weighted by molar-refractivity contribution is 0.194. The summed E-state index contributed by atoms with van der Waals surface area (Å²) in [5, 5.41) is 5.77. The Bertz CT molecular complexity index is 441. The number of urea groups is 1. The summed E-state index contributed by atoms with van der Waals surface area (Å²) in [5.74, 6) is 0. The number of carbonyl (C=O) groups excluding carboxylic acids is 1. The van der Waals surface area contributed by atoms with Crippen LogP contribution >= 0.6 is 0 Å². The molecule has 5 heteroatoms. The predicted molar refractivity (Wildman–Crippen MR) is 84.1 cm³/mol. The number of piperidine rings is 1. The summed E-state index contributed by atoms with van der Waals surface area (Å²) in [5.41, 5.74) is 1.33. The summed E-state index contributed by atoms with van der Waals surface area (Å²) in [6.07, 6.45) is 8.44. The molecule has 1 fully saturated rings. The molecule has 0 atom stereocenters. The Balaban J connectivity index is 1.64. The van der Waals surface area contributed by atoms with Crippen molar-refractivity contribution in [3.8, 4) is 0 Å². The Hall–Kier alpha value is -1.88. The highest BCUT2D eigenvalue weighted by molar-refractivity contribution is 5.74. The number of hydrogen-bond acceptors (Lipinski definition) is 3. The van der Waals surface area contributed by atoms with E-state index in [0.717, 1.165) is 38.9 Å². The molecule has 1 saturated heterocycles. The van der Waals surface area contributed by atoms with E-state index < -0.39 is 0 Å². The smallest absolute Gasteiger partial charge is 0.315 e. The summed E-state index contributed by atoms with van der Waals surface area (Å²) in [7, 11) is 0. The highest BCUT2D eigenvalue weighted by Gasteiger charge is 2.20. The minimum Gasteiger partial charge on any atom is -0.335 e. The Morgan fingerprint density at radius 2 is 2.10 bits per heavy atom. The van der Waals surface area contributed by atoms with Gasteiger partial charge >= 0.3 is 6.03 Å². The number of likely N-dealkylation sites (tertiary alicyclic amines) is 1. The standard InChI is InChI=1S/C16H24N4O/c1-2-8-18-16(21)19-15-6-12-20(13-7-15)11-5-14-3-9-17-10-4-14/h2-4,9-10,15H,1,5-8,11-13H2,(H2,18,19,21). The fourth-order valence-electron chi connectivity index (χ4n) is 2.54. The van der Waals surface area contributed by atoms with Gasteiger partial charge < -0.3 is 15.5 Å². The van der Waals surface area contributed by atoms with Crippen molar-refractivity contribution in [1.29, 1.82) is 0 Å². The lowest BCUT2D eigenvalue weighted by Gasteiger charge is -2.32. The summed E-state index contributed by atoms with van der Waals surface area (Å²) in [6, 6.07) is 4.33. The molecule has 2 amide bonds. The highest BCUT2D eigenvalue weighted by Crippen LogP contribution is 2.11. The monoisotopic (exact) mass is 288 g/mol. The fourth-order valence-corrected chi connectivity index (χ4v) is 2.54. The summed E-state index contributed by atoms with van der Waals surface area (Å²) < 4.78 is 0. The number of hydrogen-bond donors (Lipinski definition) is 2. The van der Waals surface area contributed by atoms with E-state index in [1.807, 2.05) is 12.4 Å². The molecule has 0 aliphatic carbocycles. The first-order valence-electron chi connectivity index (χ1n) is 7.54. The largest absolute Gasteiger partial charge is 0.335 e. The molecule has 114 valence electrons. The second-order valence-electron chi connectivity index (χ2n) is 5.36. The Kier molecular flexibility index (Phi) is 6.22. The molecule has 1 aromatic heterocycles. The van der Waals surface area contributed by atoms with Crippen molar-refractivity contribution in [2.45, 2.75) is 25.3 Å². The van der Waals surface area contributed by atoms with Gasteiger partial charge in [-0.3, -0.25) is 4.98 Å². The molecule has 2 heterocycles. The lowest BCUT2D eigenvalue weighted by atomic mass is 10.0. The molecular formula is C16H24N4O. The van der Waals surface area contributed by atoms with Crippen LogP contribution in [0.2, 0.25) is 0 Å². The van der Waals surface area contributed by atoms with E-state index in [2.05, 4.69) is 39.2 Å². The molecule has 5 nitrogen and oxygen atoms in total. The van der Waals surface area contributed by atoms with Crippen molar-refractivity contribution < 1.29 is 4.79 Å². The summed E-state index contributed by atoms with van der Waals surface area (Å²) in [4.78, 5) is 18.1. The number of amides is 2. The average Bonchev–Trinajstić information content (AvgIpc) is 2.53. The first-order chi connectivity index (χ1) is 10.3. The van der Waals surface area contributed by atoms with Gasteiger partial charge in [0.1, 0.15) is 0 Å². The van der Waals surface area contributed by atoms with Crippen LogP contribution in [0.5, 0.6) is 0 Å². The maximum absolute atomic E-state index is 11.6. The van der Waals surface area contributed by atoms with E-state index in [1.54, 1.807) is 6.08 Å². The number of rotatable bonds is 6. The number of nitrogens with one attached hydrogen (secondary N) is 2. The van der Waals surface area contributed by atoms with E-state index in [9.17, 15) is 4.79 Å². The predicted octanol–water partition coefficient (Wildman–Crippen LogP) is 1.57. The van der Waals surface area contributed by atoms with E-state index in [0.29, 0.717) is 6.54 Å². The van der Waals surface area contributed by atoms with Crippen LogP contribution in [-0.2, 0) is 6.42 Å². The van der Waals surface area contributed by atoms with Crippen LogP contribution in [0.4, 0.5) is 4.79 Å². The van der Waals surface area contributed by atoms with Gasteiger partial charge in [0.25, 0.3) is 0 Å². The fraction of sp³-hybridized carbons (Fsp3) is 0.500. The normalized spacial score (nSPS) is 16.4. The minimum absolute atomic E-state index is 0.0925. The zero-order chi connectivity index (χ0) is 14.9. The van der Waals surface area contributed by atoms with Crippen molar-refractivity contribution in [3.05, 3.63) is 42.7 Å². The summed E-state index contributed by atoms with van der Waals surface area (Å²) in [6.45, 7) is 7.24. The Labute approximate surface area is 126 Å².